The van der Waals surface area contributed by atoms with Gasteiger partial charge in [0.1, 0.15) is 5.83 Å². The number of allylic oxidation sites excluding steroid dienone is 2. The Kier molecular flexibility index (Phi) is 5.67. The van der Waals surface area contributed by atoms with Crippen molar-refractivity contribution in [2.75, 3.05) is 0 Å². The highest BCUT2D eigenvalue weighted by Crippen LogP contribution is 2.39. The van der Waals surface area contributed by atoms with Crippen LogP contribution in [0.25, 0.3) is 22.7 Å². The minimum absolute atomic E-state index is 0.254. The normalized spacial score (nSPS) is 22.4. The van der Waals surface area contributed by atoms with Crippen LogP contribution in [0, 0.1) is 11.8 Å². The van der Waals surface area contributed by atoms with Gasteiger partial charge in [0, 0.05) is 11.5 Å². The first-order valence-electron chi connectivity index (χ1n) is 9.34. The Morgan fingerprint density at radius 3 is 2.36 bits per heavy atom. The molecule has 0 amide bonds. The molecule has 0 spiro atoms. The Morgan fingerprint density at radius 2 is 1.68 bits per heavy atom. The molecule has 1 fully saturated rings. The largest absolute Gasteiger partial charge is 0.208 e. The van der Waals surface area contributed by atoms with E-state index in [-0.39, 0.29) is 5.92 Å². The van der Waals surface area contributed by atoms with Crippen molar-refractivity contribution in [1.29, 1.82) is 0 Å². The van der Waals surface area contributed by atoms with Crippen LogP contribution in [0.1, 0.15) is 57.1 Å². The van der Waals surface area contributed by atoms with Crippen molar-refractivity contribution in [1.82, 2.24) is 0 Å². The van der Waals surface area contributed by atoms with Crippen LogP contribution < -0.4 is 0 Å². The van der Waals surface area contributed by atoms with Crippen LogP contribution in [0.15, 0.2) is 48.3 Å². The van der Waals surface area contributed by atoms with Gasteiger partial charge in [-0.15, -0.1) is 0 Å². The van der Waals surface area contributed by atoms with E-state index >= 15 is 0 Å². The van der Waals surface area contributed by atoms with Gasteiger partial charge < -0.3 is 0 Å². The minimum atomic E-state index is -0.681. The summed E-state index contributed by atoms with van der Waals surface area (Å²) in [6.45, 7) is 4.15. The lowest BCUT2D eigenvalue weighted by molar-refractivity contribution is 0.268. The van der Waals surface area contributed by atoms with Crippen LogP contribution in [-0.4, -0.2) is 0 Å². The SMILES string of the molecule is C/C=C/c1ccc2cc(C(F)=C(F)C3CCC(CC)CC3)ccc2c1. The van der Waals surface area contributed by atoms with E-state index in [9.17, 15) is 8.78 Å². The molecule has 2 aromatic carbocycles. The first-order valence-corrected chi connectivity index (χ1v) is 9.34. The summed E-state index contributed by atoms with van der Waals surface area (Å²) in [6.07, 6.45) is 8.69. The monoisotopic (exact) mass is 340 g/mol. The molecule has 132 valence electrons. The average molecular weight is 340 g/mol. The third kappa shape index (κ3) is 4.00. The van der Waals surface area contributed by atoms with Gasteiger partial charge >= 0.3 is 0 Å². The minimum Gasteiger partial charge on any atom is -0.208 e. The highest BCUT2D eigenvalue weighted by Gasteiger charge is 2.26. The lowest BCUT2D eigenvalue weighted by Gasteiger charge is -2.26. The molecular weight excluding hydrogens is 314 g/mol. The maximum absolute atomic E-state index is 14.7. The fourth-order valence-electron chi connectivity index (χ4n) is 3.84. The van der Waals surface area contributed by atoms with E-state index in [2.05, 4.69) is 13.0 Å². The van der Waals surface area contributed by atoms with Crippen LogP contribution in [-0.2, 0) is 0 Å². The van der Waals surface area contributed by atoms with E-state index in [0.29, 0.717) is 11.5 Å². The molecule has 0 atom stereocenters. The summed E-state index contributed by atoms with van der Waals surface area (Å²) >= 11 is 0. The van der Waals surface area contributed by atoms with Gasteiger partial charge in [0.2, 0.25) is 0 Å². The van der Waals surface area contributed by atoms with Crippen molar-refractivity contribution in [2.24, 2.45) is 11.8 Å². The standard InChI is InChI=1S/C23H26F2/c1-3-5-17-8-11-20-15-21(13-12-19(20)14-17)23(25)22(24)18-9-6-16(4-2)7-10-18/h3,5,8,11-16,18H,4,6-7,9-10H2,1-2H3/b5-3+,23-22?. The van der Waals surface area contributed by atoms with Crippen molar-refractivity contribution in [2.45, 2.75) is 46.0 Å². The Balaban J connectivity index is 1.85. The summed E-state index contributed by atoms with van der Waals surface area (Å²) < 4.78 is 29.4. The van der Waals surface area contributed by atoms with Crippen LogP contribution >= 0.6 is 0 Å². The fraction of sp³-hybridized carbons (Fsp3) is 0.391. The predicted molar refractivity (Wildman–Crippen MR) is 104 cm³/mol. The van der Waals surface area contributed by atoms with Crippen LogP contribution in [0.4, 0.5) is 8.78 Å². The third-order valence-electron chi connectivity index (χ3n) is 5.47. The molecule has 0 unspecified atom stereocenters. The molecule has 25 heavy (non-hydrogen) atoms. The Bertz CT molecular complexity index is 793. The van der Waals surface area contributed by atoms with Gasteiger partial charge in [-0.25, -0.2) is 8.78 Å². The molecule has 0 bridgehead atoms. The first-order chi connectivity index (χ1) is 12.1. The molecule has 1 saturated carbocycles. The number of hydrogen-bond acceptors (Lipinski definition) is 0. The molecule has 3 rings (SSSR count). The Morgan fingerprint density at radius 1 is 1.00 bits per heavy atom. The second-order valence-corrected chi connectivity index (χ2v) is 7.11. The second-order valence-electron chi connectivity index (χ2n) is 7.11. The topological polar surface area (TPSA) is 0 Å². The number of halogens is 2. The van der Waals surface area contributed by atoms with Gasteiger partial charge in [0.25, 0.3) is 0 Å². The molecule has 1 aliphatic rings. The van der Waals surface area contributed by atoms with E-state index in [1.807, 2.05) is 37.3 Å². The zero-order chi connectivity index (χ0) is 17.8. The number of hydrogen-bond donors (Lipinski definition) is 0. The highest BCUT2D eigenvalue weighted by molar-refractivity contribution is 5.87. The fourth-order valence-corrected chi connectivity index (χ4v) is 3.84. The smallest absolute Gasteiger partial charge is 0.162 e. The van der Waals surface area contributed by atoms with Crippen molar-refractivity contribution in [3.63, 3.8) is 0 Å². The zero-order valence-electron chi connectivity index (χ0n) is 15.1. The quantitative estimate of drug-likeness (QED) is 0.535. The second kappa shape index (κ2) is 7.95. The molecule has 2 aromatic rings. The van der Waals surface area contributed by atoms with Crippen LogP contribution in [0.5, 0.6) is 0 Å². The lowest BCUT2D eigenvalue weighted by Crippen LogP contribution is -2.14. The zero-order valence-corrected chi connectivity index (χ0v) is 15.1. The molecule has 0 aliphatic heterocycles. The van der Waals surface area contributed by atoms with Gasteiger partial charge in [0.05, 0.1) is 0 Å². The first kappa shape index (κ1) is 17.8. The molecule has 0 saturated heterocycles. The number of benzene rings is 2. The van der Waals surface area contributed by atoms with Gasteiger partial charge in [-0.1, -0.05) is 49.8 Å². The number of rotatable bonds is 4. The predicted octanol–water partition coefficient (Wildman–Crippen LogP) is 7.70. The van der Waals surface area contributed by atoms with Gasteiger partial charge in [-0.2, -0.15) is 0 Å². The van der Waals surface area contributed by atoms with Crippen molar-refractivity contribution >= 4 is 22.7 Å². The lowest BCUT2D eigenvalue weighted by atomic mass is 9.80. The van der Waals surface area contributed by atoms with Crippen molar-refractivity contribution < 1.29 is 8.78 Å². The summed E-state index contributed by atoms with van der Waals surface area (Å²) in [4.78, 5) is 0. The summed E-state index contributed by atoms with van der Waals surface area (Å²) in [5, 5.41) is 1.97. The van der Waals surface area contributed by atoms with Crippen molar-refractivity contribution in [3.05, 3.63) is 59.4 Å². The van der Waals surface area contributed by atoms with E-state index in [1.54, 1.807) is 12.1 Å². The van der Waals surface area contributed by atoms with E-state index in [4.69, 9.17) is 0 Å². The summed E-state index contributed by atoms with van der Waals surface area (Å²) in [5.41, 5.74) is 1.46. The molecular formula is C23H26F2. The molecule has 0 radical (unpaired) electrons. The van der Waals surface area contributed by atoms with E-state index in [1.165, 1.54) is 0 Å². The molecule has 1 aliphatic carbocycles. The van der Waals surface area contributed by atoms with Gasteiger partial charge in [0.15, 0.2) is 5.83 Å². The Labute approximate surface area is 149 Å². The van der Waals surface area contributed by atoms with Gasteiger partial charge in [-0.3, -0.25) is 0 Å². The third-order valence-corrected chi connectivity index (χ3v) is 5.47. The maximum atomic E-state index is 14.7. The van der Waals surface area contributed by atoms with Crippen LogP contribution in [0.2, 0.25) is 0 Å². The molecule has 0 heterocycles. The molecule has 0 nitrogen and oxygen atoms in total. The van der Waals surface area contributed by atoms with E-state index in [0.717, 1.165) is 48.4 Å². The summed E-state index contributed by atoms with van der Waals surface area (Å²) in [6, 6.07) is 11.3. The summed E-state index contributed by atoms with van der Waals surface area (Å²) in [7, 11) is 0. The van der Waals surface area contributed by atoms with Crippen LogP contribution in [0.3, 0.4) is 0 Å². The average Bonchev–Trinajstić information content (AvgIpc) is 2.66. The van der Waals surface area contributed by atoms with Crippen molar-refractivity contribution in [3.8, 4) is 0 Å². The molecule has 0 N–H and O–H groups in total. The van der Waals surface area contributed by atoms with Gasteiger partial charge in [-0.05, 0) is 67.0 Å². The molecule has 2 heteroatoms. The number of fused-ring (bicyclic) bond motifs is 1. The Hall–Kier alpha value is -1.96. The maximum Gasteiger partial charge on any atom is 0.162 e. The molecule has 0 aromatic heterocycles. The van der Waals surface area contributed by atoms with E-state index < -0.39 is 11.7 Å². The summed E-state index contributed by atoms with van der Waals surface area (Å²) in [5.74, 6) is -0.812. The highest BCUT2D eigenvalue weighted by atomic mass is 19.2.